The van der Waals surface area contributed by atoms with Gasteiger partial charge in [-0.2, -0.15) is 0 Å². The van der Waals surface area contributed by atoms with Gasteiger partial charge in [0.25, 0.3) is 0 Å². The minimum Gasteiger partial charge on any atom is -0.333 e. The van der Waals surface area contributed by atoms with Gasteiger partial charge in [-0.05, 0) is 13.8 Å². The standard InChI is InChI=1S/C10H14BrN5/c1-8(11)10-7-16(14-13-10)6-5-15-4-3-12-9(15)2/h3-4,7-8H,5-6H2,1-2H3. The Morgan fingerprint density at radius 1 is 1.44 bits per heavy atom. The molecular weight excluding hydrogens is 270 g/mol. The lowest BCUT2D eigenvalue weighted by molar-refractivity contribution is 0.513. The van der Waals surface area contributed by atoms with Crippen molar-refractivity contribution in [2.24, 2.45) is 0 Å². The van der Waals surface area contributed by atoms with E-state index in [0.29, 0.717) is 0 Å². The van der Waals surface area contributed by atoms with Crippen molar-refractivity contribution in [2.75, 3.05) is 0 Å². The number of rotatable bonds is 4. The van der Waals surface area contributed by atoms with Gasteiger partial charge in [-0.15, -0.1) is 5.10 Å². The van der Waals surface area contributed by atoms with E-state index in [1.54, 1.807) is 0 Å². The quantitative estimate of drug-likeness (QED) is 0.806. The van der Waals surface area contributed by atoms with Crippen LogP contribution in [0.2, 0.25) is 0 Å². The number of alkyl halides is 1. The molecule has 0 fully saturated rings. The van der Waals surface area contributed by atoms with Crippen molar-refractivity contribution in [3.63, 3.8) is 0 Å². The topological polar surface area (TPSA) is 48.5 Å². The highest BCUT2D eigenvalue weighted by atomic mass is 79.9. The van der Waals surface area contributed by atoms with E-state index in [4.69, 9.17) is 0 Å². The molecule has 0 aliphatic rings. The van der Waals surface area contributed by atoms with Crippen molar-refractivity contribution < 1.29 is 0 Å². The fourth-order valence-electron chi connectivity index (χ4n) is 1.46. The molecule has 86 valence electrons. The van der Waals surface area contributed by atoms with Crippen molar-refractivity contribution >= 4 is 15.9 Å². The van der Waals surface area contributed by atoms with E-state index in [2.05, 4.69) is 35.8 Å². The summed E-state index contributed by atoms with van der Waals surface area (Å²) in [7, 11) is 0. The van der Waals surface area contributed by atoms with E-state index in [-0.39, 0.29) is 4.83 Å². The molecule has 1 atom stereocenters. The lowest BCUT2D eigenvalue weighted by atomic mass is 10.4. The molecule has 0 radical (unpaired) electrons. The van der Waals surface area contributed by atoms with Gasteiger partial charge in [0, 0.05) is 25.1 Å². The van der Waals surface area contributed by atoms with E-state index < -0.39 is 0 Å². The Bertz CT molecular complexity index is 459. The highest BCUT2D eigenvalue weighted by Crippen LogP contribution is 2.17. The minimum absolute atomic E-state index is 0.247. The van der Waals surface area contributed by atoms with Crippen LogP contribution in [0, 0.1) is 6.92 Å². The summed E-state index contributed by atoms with van der Waals surface area (Å²) < 4.78 is 3.95. The van der Waals surface area contributed by atoms with Crippen LogP contribution in [0.1, 0.15) is 23.3 Å². The lowest BCUT2D eigenvalue weighted by Gasteiger charge is -2.03. The summed E-state index contributed by atoms with van der Waals surface area (Å²) in [5.41, 5.74) is 0.961. The monoisotopic (exact) mass is 283 g/mol. The van der Waals surface area contributed by atoms with Crippen LogP contribution >= 0.6 is 15.9 Å². The zero-order chi connectivity index (χ0) is 11.5. The van der Waals surface area contributed by atoms with Crippen molar-refractivity contribution in [3.05, 3.63) is 30.1 Å². The maximum Gasteiger partial charge on any atom is 0.105 e. The number of nitrogens with zero attached hydrogens (tertiary/aromatic N) is 5. The maximum absolute atomic E-state index is 4.17. The Morgan fingerprint density at radius 2 is 2.25 bits per heavy atom. The fraction of sp³-hybridized carbons (Fsp3) is 0.500. The third-order valence-corrected chi connectivity index (χ3v) is 2.93. The molecule has 0 aliphatic heterocycles. The second kappa shape index (κ2) is 4.78. The van der Waals surface area contributed by atoms with Gasteiger partial charge in [0.15, 0.2) is 0 Å². The van der Waals surface area contributed by atoms with Crippen LogP contribution in [0.5, 0.6) is 0 Å². The second-order valence-electron chi connectivity index (χ2n) is 3.69. The molecule has 2 heterocycles. The van der Waals surface area contributed by atoms with Crippen molar-refractivity contribution in [1.82, 2.24) is 24.5 Å². The molecular formula is C10H14BrN5. The van der Waals surface area contributed by atoms with Crippen molar-refractivity contribution in [1.29, 1.82) is 0 Å². The zero-order valence-corrected chi connectivity index (χ0v) is 10.9. The van der Waals surface area contributed by atoms with E-state index in [1.807, 2.05) is 37.1 Å². The summed E-state index contributed by atoms with van der Waals surface area (Å²) in [5.74, 6) is 1.02. The highest BCUT2D eigenvalue weighted by molar-refractivity contribution is 9.09. The molecule has 0 saturated heterocycles. The first kappa shape index (κ1) is 11.3. The van der Waals surface area contributed by atoms with Gasteiger partial charge < -0.3 is 4.57 Å². The Balaban J connectivity index is 1.97. The summed E-state index contributed by atoms with van der Waals surface area (Å²) in [5, 5.41) is 8.15. The lowest BCUT2D eigenvalue weighted by Crippen LogP contribution is -2.08. The molecule has 2 aromatic heterocycles. The molecule has 0 amide bonds. The van der Waals surface area contributed by atoms with Crippen LogP contribution < -0.4 is 0 Å². The van der Waals surface area contributed by atoms with E-state index in [0.717, 1.165) is 24.6 Å². The molecule has 0 saturated carbocycles. The van der Waals surface area contributed by atoms with Crippen LogP contribution in [0.15, 0.2) is 18.6 Å². The van der Waals surface area contributed by atoms with Gasteiger partial charge in [0.05, 0.1) is 17.1 Å². The molecule has 0 aromatic carbocycles. The molecule has 0 N–H and O–H groups in total. The van der Waals surface area contributed by atoms with Gasteiger partial charge in [-0.25, -0.2) is 4.98 Å². The SMILES string of the molecule is Cc1nccn1CCn1cc(C(C)Br)nn1. The van der Waals surface area contributed by atoms with Crippen LogP contribution in [-0.4, -0.2) is 24.5 Å². The largest absolute Gasteiger partial charge is 0.333 e. The summed E-state index contributed by atoms with van der Waals surface area (Å²) in [4.78, 5) is 4.42. The van der Waals surface area contributed by atoms with E-state index in [1.165, 1.54) is 0 Å². The predicted molar refractivity (Wildman–Crippen MR) is 64.3 cm³/mol. The third-order valence-electron chi connectivity index (χ3n) is 2.46. The normalized spacial score (nSPS) is 12.9. The molecule has 0 aliphatic carbocycles. The van der Waals surface area contributed by atoms with Crippen LogP contribution in [-0.2, 0) is 13.1 Å². The predicted octanol–water partition coefficient (Wildman–Crippen LogP) is 1.94. The smallest absolute Gasteiger partial charge is 0.105 e. The van der Waals surface area contributed by atoms with Gasteiger partial charge in [0.2, 0.25) is 0 Å². The Kier molecular flexibility index (Phi) is 3.38. The first-order valence-electron chi connectivity index (χ1n) is 5.18. The highest BCUT2D eigenvalue weighted by Gasteiger charge is 2.06. The average Bonchev–Trinajstić information content (AvgIpc) is 2.83. The first-order chi connectivity index (χ1) is 7.66. The number of hydrogen-bond acceptors (Lipinski definition) is 3. The first-order valence-corrected chi connectivity index (χ1v) is 6.10. The molecule has 2 aromatic rings. The average molecular weight is 284 g/mol. The Hall–Kier alpha value is -1.17. The molecule has 2 rings (SSSR count). The number of aryl methyl sites for hydroxylation is 3. The number of halogens is 1. The maximum atomic E-state index is 4.17. The summed E-state index contributed by atoms with van der Waals surface area (Å²) in [6.07, 6.45) is 5.74. The fourth-order valence-corrected chi connectivity index (χ4v) is 1.66. The zero-order valence-electron chi connectivity index (χ0n) is 9.34. The Labute approximate surface area is 103 Å². The van der Waals surface area contributed by atoms with Crippen LogP contribution in [0.3, 0.4) is 0 Å². The minimum atomic E-state index is 0.247. The van der Waals surface area contributed by atoms with Gasteiger partial charge in [-0.1, -0.05) is 21.1 Å². The Morgan fingerprint density at radius 3 is 2.81 bits per heavy atom. The van der Waals surface area contributed by atoms with Crippen LogP contribution in [0.4, 0.5) is 0 Å². The molecule has 0 spiro atoms. The van der Waals surface area contributed by atoms with E-state index in [9.17, 15) is 0 Å². The molecule has 0 bridgehead atoms. The third kappa shape index (κ3) is 2.49. The van der Waals surface area contributed by atoms with Gasteiger partial charge >= 0.3 is 0 Å². The summed E-state index contributed by atoms with van der Waals surface area (Å²) in [6, 6.07) is 0. The number of aromatic nitrogens is 5. The molecule has 5 nitrogen and oxygen atoms in total. The van der Waals surface area contributed by atoms with Crippen molar-refractivity contribution in [2.45, 2.75) is 31.8 Å². The van der Waals surface area contributed by atoms with Crippen LogP contribution in [0.25, 0.3) is 0 Å². The van der Waals surface area contributed by atoms with E-state index >= 15 is 0 Å². The number of imidazole rings is 1. The van der Waals surface area contributed by atoms with Gasteiger partial charge in [-0.3, -0.25) is 4.68 Å². The second-order valence-corrected chi connectivity index (χ2v) is 5.06. The van der Waals surface area contributed by atoms with Gasteiger partial charge in [0.1, 0.15) is 5.82 Å². The molecule has 16 heavy (non-hydrogen) atoms. The summed E-state index contributed by atoms with van der Waals surface area (Å²) in [6.45, 7) is 5.71. The molecule has 1 unspecified atom stereocenters. The van der Waals surface area contributed by atoms with Crippen molar-refractivity contribution in [3.8, 4) is 0 Å². The summed E-state index contributed by atoms with van der Waals surface area (Å²) >= 11 is 3.47. The number of hydrogen-bond donors (Lipinski definition) is 0. The molecule has 6 heteroatoms.